The van der Waals surface area contributed by atoms with Gasteiger partial charge in [-0.05, 0) is 47.0 Å². The highest BCUT2D eigenvalue weighted by atomic mass is 35.5. The SMILES string of the molecule is Cc1ccc(Cl)cc1C(=O)Cc1csc2ccccc12. The van der Waals surface area contributed by atoms with Crippen LogP contribution >= 0.6 is 22.9 Å². The first-order valence-corrected chi connectivity index (χ1v) is 7.65. The van der Waals surface area contributed by atoms with Gasteiger partial charge in [0.15, 0.2) is 5.78 Å². The molecule has 3 rings (SSSR count). The molecule has 3 aromatic rings. The molecule has 1 heterocycles. The first-order valence-electron chi connectivity index (χ1n) is 6.39. The van der Waals surface area contributed by atoms with Crippen molar-refractivity contribution in [3.8, 4) is 0 Å². The van der Waals surface area contributed by atoms with Crippen LogP contribution in [0.25, 0.3) is 10.1 Å². The number of hydrogen-bond donors (Lipinski definition) is 0. The largest absolute Gasteiger partial charge is 0.294 e. The van der Waals surface area contributed by atoms with Gasteiger partial charge in [0.05, 0.1) is 0 Å². The van der Waals surface area contributed by atoms with Gasteiger partial charge in [-0.25, -0.2) is 0 Å². The highest BCUT2D eigenvalue weighted by Crippen LogP contribution is 2.27. The van der Waals surface area contributed by atoms with Gasteiger partial charge in [-0.15, -0.1) is 11.3 Å². The van der Waals surface area contributed by atoms with Crippen LogP contribution in [0.15, 0.2) is 47.8 Å². The van der Waals surface area contributed by atoms with E-state index in [4.69, 9.17) is 11.6 Å². The molecule has 0 amide bonds. The van der Waals surface area contributed by atoms with Gasteiger partial charge >= 0.3 is 0 Å². The maximum atomic E-state index is 12.5. The van der Waals surface area contributed by atoms with Crippen molar-refractivity contribution in [3.05, 3.63) is 69.6 Å². The van der Waals surface area contributed by atoms with Crippen molar-refractivity contribution >= 4 is 38.8 Å². The molecule has 0 unspecified atom stereocenters. The van der Waals surface area contributed by atoms with Crippen molar-refractivity contribution < 1.29 is 4.79 Å². The highest BCUT2D eigenvalue weighted by Gasteiger charge is 2.13. The van der Waals surface area contributed by atoms with Crippen LogP contribution in [0.2, 0.25) is 5.02 Å². The highest BCUT2D eigenvalue weighted by molar-refractivity contribution is 7.17. The Morgan fingerprint density at radius 2 is 2.00 bits per heavy atom. The summed E-state index contributed by atoms with van der Waals surface area (Å²) in [5, 5.41) is 3.85. The minimum absolute atomic E-state index is 0.119. The second-order valence-electron chi connectivity index (χ2n) is 4.82. The van der Waals surface area contributed by atoms with Crippen LogP contribution in [0.4, 0.5) is 0 Å². The Balaban J connectivity index is 1.94. The van der Waals surface area contributed by atoms with E-state index in [-0.39, 0.29) is 5.78 Å². The summed E-state index contributed by atoms with van der Waals surface area (Å²) in [6.45, 7) is 1.94. The predicted octanol–water partition coefficient (Wildman–Crippen LogP) is 5.29. The molecular weight excluding hydrogens is 288 g/mol. The van der Waals surface area contributed by atoms with Crippen molar-refractivity contribution in [1.29, 1.82) is 0 Å². The number of carbonyl (C=O) groups is 1. The van der Waals surface area contributed by atoms with Crippen LogP contribution in [-0.4, -0.2) is 5.78 Å². The Hall–Kier alpha value is -1.64. The minimum Gasteiger partial charge on any atom is -0.294 e. The average molecular weight is 301 g/mol. The van der Waals surface area contributed by atoms with Gasteiger partial charge in [0.2, 0.25) is 0 Å². The van der Waals surface area contributed by atoms with Gasteiger partial charge < -0.3 is 0 Å². The summed E-state index contributed by atoms with van der Waals surface area (Å²) < 4.78 is 1.22. The summed E-state index contributed by atoms with van der Waals surface area (Å²) in [6, 6.07) is 13.6. The van der Waals surface area contributed by atoms with E-state index >= 15 is 0 Å². The molecule has 0 N–H and O–H groups in total. The summed E-state index contributed by atoms with van der Waals surface area (Å²) in [5.41, 5.74) is 2.78. The zero-order valence-electron chi connectivity index (χ0n) is 11.0. The van der Waals surface area contributed by atoms with Crippen LogP contribution in [0, 0.1) is 6.92 Å². The number of Topliss-reactive ketones (excluding diaryl/α,β-unsaturated/α-hetero) is 1. The molecule has 20 heavy (non-hydrogen) atoms. The number of rotatable bonds is 3. The average Bonchev–Trinajstić information content (AvgIpc) is 2.85. The maximum Gasteiger partial charge on any atom is 0.167 e. The number of carbonyl (C=O) groups excluding carboxylic acids is 1. The van der Waals surface area contributed by atoms with E-state index < -0.39 is 0 Å². The van der Waals surface area contributed by atoms with Gasteiger partial charge in [0.1, 0.15) is 0 Å². The number of ketones is 1. The first kappa shape index (κ1) is 13.3. The Kier molecular flexibility index (Phi) is 3.60. The molecule has 0 radical (unpaired) electrons. The third kappa shape index (κ3) is 2.49. The smallest absolute Gasteiger partial charge is 0.167 e. The zero-order chi connectivity index (χ0) is 14.1. The molecule has 1 nitrogen and oxygen atoms in total. The molecule has 100 valence electrons. The number of benzene rings is 2. The van der Waals surface area contributed by atoms with E-state index in [2.05, 4.69) is 17.5 Å². The molecule has 0 spiro atoms. The van der Waals surface area contributed by atoms with Crippen LogP contribution < -0.4 is 0 Å². The number of fused-ring (bicyclic) bond motifs is 1. The van der Waals surface area contributed by atoms with Gasteiger partial charge in [-0.3, -0.25) is 4.79 Å². The van der Waals surface area contributed by atoms with Gasteiger partial charge in [-0.2, -0.15) is 0 Å². The van der Waals surface area contributed by atoms with Gasteiger partial charge in [0, 0.05) is 21.7 Å². The third-order valence-corrected chi connectivity index (χ3v) is 4.66. The van der Waals surface area contributed by atoms with E-state index in [0.717, 1.165) is 11.1 Å². The van der Waals surface area contributed by atoms with E-state index in [0.29, 0.717) is 17.0 Å². The standard InChI is InChI=1S/C17H13ClOS/c1-11-6-7-13(18)9-15(11)16(19)8-12-10-20-17-5-3-2-4-14(12)17/h2-7,9-10H,8H2,1H3. The molecule has 2 aromatic carbocycles. The van der Waals surface area contributed by atoms with Crippen molar-refractivity contribution in [2.45, 2.75) is 13.3 Å². The van der Waals surface area contributed by atoms with Crippen molar-refractivity contribution in [2.24, 2.45) is 0 Å². The van der Waals surface area contributed by atoms with Crippen LogP contribution in [0.3, 0.4) is 0 Å². The second kappa shape index (κ2) is 5.39. The lowest BCUT2D eigenvalue weighted by Crippen LogP contribution is -2.05. The van der Waals surface area contributed by atoms with Crippen molar-refractivity contribution in [3.63, 3.8) is 0 Å². The molecular formula is C17H13ClOS. The summed E-state index contributed by atoms with van der Waals surface area (Å²) in [5.74, 6) is 0.119. The molecule has 3 heteroatoms. The van der Waals surface area contributed by atoms with Crippen LogP contribution in [0.5, 0.6) is 0 Å². The summed E-state index contributed by atoms with van der Waals surface area (Å²) in [4.78, 5) is 12.5. The summed E-state index contributed by atoms with van der Waals surface area (Å²) in [6.07, 6.45) is 0.422. The second-order valence-corrected chi connectivity index (χ2v) is 6.16. The van der Waals surface area contributed by atoms with E-state index in [1.165, 1.54) is 10.1 Å². The fourth-order valence-corrected chi connectivity index (χ4v) is 3.47. The lowest BCUT2D eigenvalue weighted by atomic mass is 9.99. The summed E-state index contributed by atoms with van der Waals surface area (Å²) >= 11 is 7.67. The first-order chi connectivity index (χ1) is 9.65. The van der Waals surface area contributed by atoms with Gasteiger partial charge in [-0.1, -0.05) is 35.9 Å². The molecule has 0 atom stereocenters. The number of halogens is 1. The zero-order valence-corrected chi connectivity index (χ0v) is 12.6. The molecule has 0 aliphatic rings. The fraction of sp³-hybridized carbons (Fsp3) is 0.118. The minimum atomic E-state index is 0.119. The molecule has 0 saturated carbocycles. The quantitative estimate of drug-likeness (QED) is 0.601. The normalized spacial score (nSPS) is 10.9. The van der Waals surface area contributed by atoms with Crippen LogP contribution in [-0.2, 0) is 6.42 Å². The summed E-state index contributed by atoms with van der Waals surface area (Å²) in [7, 11) is 0. The van der Waals surface area contributed by atoms with Gasteiger partial charge in [0.25, 0.3) is 0 Å². The maximum absolute atomic E-state index is 12.5. The fourth-order valence-electron chi connectivity index (χ4n) is 2.33. The third-order valence-electron chi connectivity index (χ3n) is 3.41. The lowest BCUT2D eigenvalue weighted by Gasteiger charge is -2.05. The predicted molar refractivity (Wildman–Crippen MR) is 86.0 cm³/mol. The molecule has 1 aromatic heterocycles. The molecule has 0 aliphatic heterocycles. The Morgan fingerprint density at radius 3 is 2.85 bits per heavy atom. The number of aryl methyl sites for hydroxylation is 1. The lowest BCUT2D eigenvalue weighted by molar-refractivity contribution is 0.0993. The monoisotopic (exact) mass is 300 g/mol. The molecule has 0 fully saturated rings. The van der Waals surface area contributed by atoms with E-state index in [1.54, 1.807) is 17.4 Å². The van der Waals surface area contributed by atoms with Crippen molar-refractivity contribution in [2.75, 3.05) is 0 Å². The molecule has 0 bridgehead atoms. The van der Waals surface area contributed by atoms with Crippen molar-refractivity contribution in [1.82, 2.24) is 0 Å². The Bertz CT molecular complexity index is 789. The molecule has 0 aliphatic carbocycles. The van der Waals surface area contributed by atoms with E-state index in [9.17, 15) is 4.79 Å². The number of hydrogen-bond acceptors (Lipinski definition) is 2. The Labute approximate surface area is 126 Å². The van der Waals surface area contributed by atoms with E-state index in [1.807, 2.05) is 31.2 Å². The Morgan fingerprint density at radius 1 is 1.20 bits per heavy atom. The van der Waals surface area contributed by atoms with Crippen LogP contribution in [0.1, 0.15) is 21.5 Å². The number of thiophene rings is 1. The molecule has 0 saturated heterocycles. The topological polar surface area (TPSA) is 17.1 Å².